The second-order valence-electron chi connectivity index (χ2n) is 4.81. The molecule has 0 radical (unpaired) electrons. The van der Waals surface area contributed by atoms with E-state index in [4.69, 9.17) is 10.2 Å². The van der Waals surface area contributed by atoms with E-state index in [0.717, 1.165) is 6.54 Å². The van der Waals surface area contributed by atoms with Crippen molar-refractivity contribution in [2.75, 3.05) is 13.1 Å². The van der Waals surface area contributed by atoms with Crippen molar-refractivity contribution in [2.24, 2.45) is 0 Å². The van der Waals surface area contributed by atoms with E-state index in [2.05, 4.69) is 36.3 Å². The van der Waals surface area contributed by atoms with Crippen LogP contribution in [0.5, 0.6) is 0 Å². The van der Waals surface area contributed by atoms with Crippen molar-refractivity contribution in [2.45, 2.75) is 19.8 Å². The normalized spacial score (nSPS) is 12.5. The predicted octanol–water partition coefficient (Wildman–Crippen LogP) is 3.26. The van der Waals surface area contributed by atoms with Gasteiger partial charge in [-0.05, 0) is 43.0 Å². The molecular formula is C17H21NO4. The van der Waals surface area contributed by atoms with Gasteiger partial charge in [-0.2, -0.15) is 0 Å². The third-order valence-electron chi connectivity index (χ3n) is 3.06. The summed E-state index contributed by atoms with van der Waals surface area (Å²) in [5, 5.41) is 16.9. The van der Waals surface area contributed by atoms with Crippen LogP contribution >= 0.6 is 0 Å². The van der Waals surface area contributed by atoms with E-state index in [9.17, 15) is 9.59 Å². The molecule has 5 heteroatoms. The number of hydrogen-bond acceptors (Lipinski definition) is 3. The fraction of sp³-hybridized carbons (Fsp3) is 0.294. The van der Waals surface area contributed by atoms with E-state index >= 15 is 0 Å². The van der Waals surface area contributed by atoms with Gasteiger partial charge in [-0.3, -0.25) is 0 Å². The minimum atomic E-state index is -1.06. The van der Waals surface area contributed by atoms with Gasteiger partial charge in [0.2, 0.25) is 0 Å². The first-order chi connectivity index (χ1) is 10.5. The van der Waals surface area contributed by atoms with Crippen molar-refractivity contribution in [1.82, 2.24) is 4.90 Å². The average molecular weight is 303 g/mol. The van der Waals surface area contributed by atoms with Crippen molar-refractivity contribution in [3.8, 4) is 0 Å². The van der Waals surface area contributed by atoms with Crippen LogP contribution in [0, 0.1) is 0 Å². The maximum absolute atomic E-state index is 10.3. The first-order valence-corrected chi connectivity index (χ1v) is 7.18. The highest BCUT2D eigenvalue weighted by atomic mass is 16.4. The lowest BCUT2D eigenvalue weighted by Gasteiger charge is -2.19. The molecule has 0 bridgehead atoms. The molecule has 0 aliphatic carbocycles. The van der Waals surface area contributed by atoms with E-state index in [1.807, 2.05) is 0 Å². The van der Waals surface area contributed by atoms with Gasteiger partial charge >= 0.3 is 11.9 Å². The number of nitrogens with zero attached hydrogens (tertiary/aromatic N) is 1. The van der Waals surface area contributed by atoms with Gasteiger partial charge in [-0.15, -0.1) is 0 Å². The smallest absolute Gasteiger partial charge is 0.335 e. The van der Waals surface area contributed by atoms with Crippen LogP contribution in [0.15, 0.2) is 48.7 Å². The lowest BCUT2D eigenvalue weighted by Crippen LogP contribution is -2.19. The Balaban J connectivity index is 0.000000224. The molecule has 5 nitrogen and oxygen atoms in total. The standard InChI is InChI=1S/C9H15N.C8H6O4/c1-2-3-7-10-8-5-4-6-9-10;9-7(10)5-1-2-6(4-3-5)8(11)12/h4-6,8H,2-3,7,9H2,1H3;1-4H,(H,9,10)(H,11,12). The molecule has 0 fully saturated rings. The summed E-state index contributed by atoms with van der Waals surface area (Å²) in [7, 11) is 0. The first-order valence-electron chi connectivity index (χ1n) is 7.18. The summed E-state index contributed by atoms with van der Waals surface area (Å²) in [6.07, 6.45) is 11.1. The highest BCUT2D eigenvalue weighted by Gasteiger charge is 2.04. The zero-order chi connectivity index (χ0) is 16.4. The van der Waals surface area contributed by atoms with E-state index < -0.39 is 11.9 Å². The number of benzene rings is 1. The fourth-order valence-corrected chi connectivity index (χ4v) is 1.79. The lowest BCUT2D eigenvalue weighted by atomic mass is 10.1. The number of carboxylic acid groups (broad SMARTS) is 2. The predicted molar refractivity (Wildman–Crippen MR) is 85.1 cm³/mol. The van der Waals surface area contributed by atoms with E-state index in [-0.39, 0.29) is 11.1 Å². The maximum Gasteiger partial charge on any atom is 0.335 e. The number of allylic oxidation sites excluding steroid dienone is 2. The Morgan fingerprint density at radius 1 is 1.05 bits per heavy atom. The van der Waals surface area contributed by atoms with Crippen molar-refractivity contribution in [3.63, 3.8) is 0 Å². The number of hydrogen-bond donors (Lipinski definition) is 2. The average Bonchev–Trinajstić information content (AvgIpc) is 2.54. The van der Waals surface area contributed by atoms with E-state index in [0.29, 0.717) is 0 Å². The van der Waals surface area contributed by atoms with Gasteiger partial charge in [-0.25, -0.2) is 9.59 Å². The SMILES string of the molecule is CCCCN1C=CC=CC1.O=C(O)c1ccc(C(=O)O)cc1. The van der Waals surface area contributed by atoms with Crippen LogP contribution in [0.2, 0.25) is 0 Å². The van der Waals surface area contributed by atoms with Gasteiger partial charge in [0.15, 0.2) is 0 Å². The second-order valence-corrected chi connectivity index (χ2v) is 4.81. The quantitative estimate of drug-likeness (QED) is 0.873. The third kappa shape index (κ3) is 6.26. The largest absolute Gasteiger partial charge is 0.478 e. The molecular weight excluding hydrogens is 282 g/mol. The van der Waals surface area contributed by atoms with E-state index in [1.54, 1.807) is 0 Å². The summed E-state index contributed by atoms with van der Waals surface area (Å²) in [6, 6.07) is 5.02. The van der Waals surface area contributed by atoms with Gasteiger partial charge < -0.3 is 15.1 Å². The van der Waals surface area contributed by atoms with Crippen LogP contribution in [0.1, 0.15) is 40.5 Å². The first kappa shape index (κ1) is 17.5. The van der Waals surface area contributed by atoms with Crippen LogP contribution in [0.3, 0.4) is 0 Å². The minimum Gasteiger partial charge on any atom is -0.478 e. The van der Waals surface area contributed by atoms with Crippen LogP contribution < -0.4 is 0 Å². The molecule has 0 saturated carbocycles. The van der Waals surface area contributed by atoms with Crippen molar-refractivity contribution < 1.29 is 19.8 Å². The molecule has 0 atom stereocenters. The minimum absolute atomic E-state index is 0.0833. The molecule has 2 N–H and O–H groups in total. The van der Waals surface area contributed by atoms with E-state index in [1.165, 1.54) is 43.7 Å². The summed E-state index contributed by atoms with van der Waals surface area (Å²) >= 11 is 0. The second kappa shape index (κ2) is 9.39. The monoisotopic (exact) mass is 303 g/mol. The summed E-state index contributed by atoms with van der Waals surface area (Å²) in [5.74, 6) is -2.13. The molecule has 0 aromatic heterocycles. The summed E-state index contributed by atoms with van der Waals surface area (Å²) in [6.45, 7) is 4.53. The number of aromatic carboxylic acids is 2. The molecule has 0 spiro atoms. The highest BCUT2D eigenvalue weighted by molar-refractivity contribution is 5.91. The molecule has 1 aromatic carbocycles. The molecule has 1 aliphatic rings. The van der Waals surface area contributed by atoms with Crippen LogP contribution in [-0.4, -0.2) is 40.1 Å². The van der Waals surface area contributed by atoms with Gasteiger partial charge in [0.25, 0.3) is 0 Å². The van der Waals surface area contributed by atoms with Crippen molar-refractivity contribution >= 4 is 11.9 Å². The Kier molecular flexibility index (Phi) is 7.47. The number of carbonyl (C=O) groups is 2. The third-order valence-corrected chi connectivity index (χ3v) is 3.06. The van der Waals surface area contributed by atoms with Crippen molar-refractivity contribution in [1.29, 1.82) is 0 Å². The fourth-order valence-electron chi connectivity index (χ4n) is 1.79. The molecule has 0 amide bonds. The molecule has 1 heterocycles. The number of carboxylic acids is 2. The lowest BCUT2D eigenvalue weighted by molar-refractivity contribution is 0.0681. The number of unbranched alkanes of at least 4 members (excludes halogenated alkanes) is 1. The molecule has 118 valence electrons. The Labute approximate surface area is 130 Å². The Hall–Kier alpha value is -2.56. The molecule has 0 unspecified atom stereocenters. The van der Waals surface area contributed by atoms with Gasteiger partial charge in [0.05, 0.1) is 11.1 Å². The van der Waals surface area contributed by atoms with Crippen LogP contribution in [-0.2, 0) is 0 Å². The van der Waals surface area contributed by atoms with Crippen LogP contribution in [0.25, 0.3) is 0 Å². The Morgan fingerprint density at radius 3 is 1.95 bits per heavy atom. The summed E-state index contributed by atoms with van der Waals surface area (Å²) < 4.78 is 0. The molecule has 0 saturated heterocycles. The van der Waals surface area contributed by atoms with Gasteiger partial charge in [-0.1, -0.05) is 25.5 Å². The van der Waals surface area contributed by atoms with Gasteiger partial charge in [0.1, 0.15) is 0 Å². The molecule has 1 aromatic rings. The molecule has 2 rings (SSSR count). The Morgan fingerprint density at radius 2 is 1.59 bits per heavy atom. The summed E-state index contributed by atoms with van der Waals surface area (Å²) in [5.41, 5.74) is 0.167. The zero-order valence-electron chi connectivity index (χ0n) is 12.6. The van der Waals surface area contributed by atoms with Crippen LogP contribution in [0.4, 0.5) is 0 Å². The number of rotatable bonds is 5. The maximum atomic E-state index is 10.3. The Bertz CT molecular complexity index is 513. The van der Waals surface area contributed by atoms with Gasteiger partial charge in [0, 0.05) is 13.1 Å². The zero-order valence-corrected chi connectivity index (χ0v) is 12.6. The topological polar surface area (TPSA) is 77.8 Å². The molecule has 22 heavy (non-hydrogen) atoms. The van der Waals surface area contributed by atoms with Crippen molar-refractivity contribution in [3.05, 3.63) is 59.8 Å². The highest BCUT2D eigenvalue weighted by Crippen LogP contribution is 2.03. The summed E-state index contributed by atoms with van der Waals surface area (Å²) in [4.78, 5) is 23.0. The molecule has 1 aliphatic heterocycles.